The molecule has 2 aromatic carbocycles. The third-order valence-corrected chi connectivity index (χ3v) is 3.61. The number of rotatable bonds is 6. The number of hydrogen-bond donors (Lipinski definition) is 2. The molecule has 7 heteroatoms. The highest BCUT2D eigenvalue weighted by atomic mass is 35.5. The minimum Gasteiger partial charge on any atom is -0.494 e. The predicted molar refractivity (Wildman–Crippen MR) is 104 cm³/mol. The second-order valence-corrected chi connectivity index (χ2v) is 6.00. The number of hydrogen-bond acceptors (Lipinski definition) is 4. The average molecular weight is 379 g/mol. The largest absolute Gasteiger partial charge is 0.494 e. The summed E-state index contributed by atoms with van der Waals surface area (Å²) in [4.78, 5) is 11.9. The van der Waals surface area contributed by atoms with Crippen LogP contribution in [0.4, 0.5) is 5.69 Å². The SMILES string of the molecule is CCOc1ccc(NC(=S)NC(=O)COc2ccc(Cl)cc2C)cc1. The van der Waals surface area contributed by atoms with Crippen molar-refractivity contribution in [1.82, 2.24) is 5.32 Å². The van der Waals surface area contributed by atoms with Gasteiger partial charge in [-0.1, -0.05) is 11.6 Å². The lowest BCUT2D eigenvalue weighted by atomic mass is 10.2. The summed E-state index contributed by atoms with van der Waals surface area (Å²) in [7, 11) is 0. The van der Waals surface area contributed by atoms with Crippen molar-refractivity contribution in [3.05, 3.63) is 53.1 Å². The molecule has 0 aromatic heterocycles. The van der Waals surface area contributed by atoms with Crippen LogP contribution in [-0.4, -0.2) is 24.2 Å². The van der Waals surface area contributed by atoms with Crippen LogP contribution in [0.2, 0.25) is 5.02 Å². The van der Waals surface area contributed by atoms with Crippen molar-refractivity contribution in [2.24, 2.45) is 0 Å². The van der Waals surface area contributed by atoms with Gasteiger partial charge in [0.05, 0.1) is 6.61 Å². The van der Waals surface area contributed by atoms with Crippen LogP contribution < -0.4 is 20.1 Å². The van der Waals surface area contributed by atoms with Crippen LogP contribution in [0, 0.1) is 6.92 Å². The van der Waals surface area contributed by atoms with Crippen molar-refractivity contribution in [3.8, 4) is 11.5 Å². The number of ether oxygens (including phenoxy) is 2. The summed E-state index contributed by atoms with van der Waals surface area (Å²) in [6.07, 6.45) is 0. The molecule has 0 aliphatic heterocycles. The minimum atomic E-state index is -0.349. The van der Waals surface area contributed by atoms with Gasteiger partial charge in [0.15, 0.2) is 11.7 Å². The fraction of sp³-hybridized carbons (Fsp3) is 0.222. The molecule has 2 N–H and O–H groups in total. The number of amides is 1. The maximum absolute atomic E-state index is 11.9. The number of carbonyl (C=O) groups is 1. The van der Waals surface area contributed by atoms with Crippen LogP contribution in [0.25, 0.3) is 0 Å². The molecule has 2 rings (SSSR count). The zero-order valence-corrected chi connectivity index (χ0v) is 15.5. The number of halogens is 1. The van der Waals surface area contributed by atoms with E-state index in [1.807, 2.05) is 38.1 Å². The fourth-order valence-electron chi connectivity index (χ4n) is 2.04. The monoisotopic (exact) mass is 378 g/mol. The van der Waals surface area contributed by atoms with E-state index in [1.54, 1.807) is 18.2 Å². The lowest BCUT2D eigenvalue weighted by Gasteiger charge is -2.12. The summed E-state index contributed by atoms with van der Waals surface area (Å²) < 4.78 is 10.8. The first-order valence-electron chi connectivity index (χ1n) is 7.70. The molecule has 0 bridgehead atoms. The summed E-state index contributed by atoms with van der Waals surface area (Å²) in [5.41, 5.74) is 1.61. The van der Waals surface area contributed by atoms with Gasteiger partial charge in [-0.2, -0.15) is 0 Å². The van der Waals surface area contributed by atoms with Crippen molar-refractivity contribution in [2.75, 3.05) is 18.5 Å². The Kier molecular flexibility index (Phi) is 7.03. The molecule has 1 amide bonds. The Balaban J connectivity index is 1.80. The molecule has 0 saturated heterocycles. The summed E-state index contributed by atoms with van der Waals surface area (Å²) in [5, 5.41) is 6.32. The first-order valence-corrected chi connectivity index (χ1v) is 8.49. The lowest BCUT2D eigenvalue weighted by molar-refractivity contribution is -0.121. The molecule has 0 aliphatic rings. The van der Waals surface area contributed by atoms with Crippen molar-refractivity contribution in [2.45, 2.75) is 13.8 Å². The van der Waals surface area contributed by atoms with Crippen molar-refractivity contribution >= 4 is 40.5 Å². The van der Waals surface area contributed by atoms with Crippen LogP contribution in [0.5, 0.6) is 11.5 Å². The number of thiocarbonyl (C=S) groups is 1. The molecule has 25 heavy (non-hydrogen) atoms. The highest BCUT2D eigenvalue weighted by Crippen LogP contribution is 2.21. The number of nitrogens with one attached hydrogen (secondary N) is 2. The van der Waals surface area contributed by atoms with E-state index in [9.17, 15) is 4.79 Å². The predicted octanol–water partition coefficient (Wildman–Crippen LogP) is 3.94. The minimum absolute atomic E-state index is 0.145. The van der Waals surface area contributed by atoms with Gasteiger partial charge in [0.25, 0.3) is 5.91 Å². The van der Waals surface area contributed by atoms with E-state index in [0.717, 1.165) is 17.0 Å². The fourth-order valence-corrected chi connectivity index (χ4v) is 2.50. The maximum atomic E-state index is 11.9. The van der Waals surface area contributed by atoms with Gasteiger partial charge >= 0.3 is 0 Å². The van der Waals surface area contributed by atoms with E-state index in [2.05, 4.69) is 10.6 Å². The van der Waals surface area contributed by atoms with E-state index in [4.69, 9.17) is 33.3 Å². The summed E-state index contributed by atoms with van der Waals surface area (Å²) in [6.45, 7) is 4.24. The number of anilines is 1. The van der Waals surface area contributed by atoms with Crippen LogP contribution in [-0.2, 0) is 4.79 Å². The van der Waals surface area contributed by atoms with E-state index in [0.29, 0.717) is 17.4 Å². The van der Waals surface area contributed by atoms with E-state index in [1.165, 1.54) is 0 Å². The van der Waals surface area contributed by atoms with Gasteiger partial charge in [0.2, 0.25) is 0 Å². The summed E-state index contributed by atoms with van der Waals surface area (Å²) >= 11 is 11.0. The zero-order valence-electron chi connectivity index (χ0n) is 14.0. The Hall–Kier alpha value is -2.31. The Labute approximate surface area is 157 Å². The van der Waals surface area contributed by atoms with Gasteiger partial charge in [-0.25, -0.2) is 0 Å². The molecule has 5 nitrogen and oxygen atoms in total. The Morgan fingerprint density at radius 3 is 2.52 bits per heavy atom. The molecular formula is C18H19ClN2O3S. The van der Waals surface area contributed by atoms with Gasteiger partial charge in [-0.3, -0.25) is 10.1 Å². The van der Waals surface area contributed by atoms with E-state index in [-0.39, 0.29) is 17.6 Å². The zero-order chi connectivity index (χ0) is 18.2. The average Bonchev–Trinajstić information content (AvgIpc) is 2.56. The third-order valence-electron chi connectivity index (χ3n) is 3.17. The van der Waals surface area contributed by atoms with Crippen molar-refractivity contribution < 1.29 is 14.3 Å². The van der Waals surface area contributed by atoms with Gasteiger partial charge in [-0.15, -0.1) is 0 Å². The highest BCUT2D eigenvalue weighted by molar-refractivity contribution is 7.80. The first-order chi connectivity index (χ1) is 12.0. The lowest BCUT2D eigenvalue weighted by Crippen LogP contribution is -2.37. The number of carbonyl (C=O) groups excluding carboxylic acids is 1. The van der Waals surface area contributed by atoms with Gasteiger partial charge in [0.1, 0.15) is 11.5 Å². The van der Waals surface area contributed by atoms with E-state index >= 15 is 0 Å². The van der Waals surface area contributed by atoms with E-state index < -0.39 is 0 Å². The van der Waals surface area contributed by atoms with Gasteiger partial charge in [0, 0.05) is 10.7 Å². The molecule has 0 unspecified atom stereocenters. The number of aryl methyl sites for hydroxylation is 1. The molecule has 132 valence electrons. The quantitative estimate of drug-likeness (QED) is 0.745. The third kappa shape index (κ3) is 6.25. The molecule has 0 fully saturated rings. The molecule has 0 heterocycles. The molecular weight excluding hydrogens is 360 g/mol. The topological polar surface area (TPSA) is 59.6 Å². The Morgan fingerprint density at radius 2 is 1.88 bits per heavy atom. The van der Waals surface area contributed by atoms with Gasteiger partial charge in [-0.05, 0) is 74.1 Å². The van der Waals surface area contributed by atoms with Crippen LogP contribution in [0.1, 0.15) is 12.5 Å². The molecule has 0 aliphatic carbocycles. The van der Waals surface area contributed by atoms with Crippen molar-refractivity contribution in [3.63, 3.8) is 0 Å². The molecule has 2 aromatic rings. The number of benzene rings is 2. The van der Waals surface area contributed by atoms with Crippen LogP contribution in [0.3, 0.4) is 0 Å². The van der Waals surface area contributed by atoms with Crippen LogP contribution >= 0.6 is 23.8 Å². The normalized spacial score (nSPS) is 10.0. The van der Waals surface area contributed by atoms with Crippen LogP contribution in [0.15, 0.2) is 42.5 Å². The molecule has 0 spiro atoms. The first kappa shape index (κ1) is 19.0. The second-order valence-electron chi connectivity index (χ2n) is 5.16. The van der Waals surface area contributed by atoms with Crippen molar-refractivity contribution in [1.29, 1.82) is 0 Å². The summed E-state index contributed by atoms with van der Waals surface area (Å²) in [5.74, 6) is 1.03. The smallest absolute Gasteiger partial charge is 0.264 e. The Bertz CT molecular complexity index is 750. The molecule has 0 saturated carbocycles. The highest BCUT2D eigenvalue weighted by Gasteiger charge is 2.08. The molecule has 0 atom stereocenters. The Morgan fingerprint density at radius 1 is 1.16 bits per heavy atom. The second kappa shape index (κ2) is 9.25. The summed E-state index contributed by atoms with van der Waals surface area (Å²) in [6, 6.07) is 12.5. The molecule has 0 radical (unpaired) electrons. The standard InChI is InChI=1S/C18H19ClN2O3S/c1-3-23-15-7-5-14(6-8-15)20-18(25)21-17(22)11-24-16-9-4-13(19)10-12(16)2/h4-10H,3,11H2,1-2H3,(H2,20,21,22,25). The maximum Gasteiger partial charge on any atom is 0.264 e. The van der Waals surface area contributed by atoms with Gasteiger partial charge < -0.3 is 14.8 Å².